The van der Waals surface area contributed by atoms with Crippen molar-refractivity contribution in [3.05, 3.63) is 71.0 Å². The van der Waals surface area contributed by atoms with Gasteiger partial charge in [-0.1, -0.05) is 0 Å². The second-order valence-electron chi connectivity index (χ2n) is 11.9. The van der Waals surface area contributed by atoms with E-state index in [0.717, 1.165) is 16.3 Å². The van der Waals surface area contributed by atoms with Crippen molar-refractivity contribution in [2.45, 2.75) is 57.1 Å². The van der Waals surface area contributed by atoms with E-state index in [2.05, 4.69) is 0 Å². The number of hydrogen-bond acceptors (Lipinski definition) is 10. The number of furan rings is 2. The molecule has 2 saturated heterocycles. The van der Waals surface area contributed by atoms with E-state index in [4.69, 9.17) is 41.7 Å². The maximum Gasteiger partial charge on any atom is 0.350 e. The van der Waals surface area contributed by atoms with Gasteiger partial charge in [0.05, 0.1) is 23.7 Å². The Kier molecular flexibility index (Phi) is 5.23. The molecule has 0 bridgehead atoms. The molecule has 10 nitrogen and oxygen atoms in total. The van der Waals surface area contributed by atoms with E-state index in [1.807, 2.05) is 58.0 Å². The van der Waals surface area contributed by atoms with Crippen molar-refractivity contribution in [3.63, 3.8) is 0 Å². The minimum atomic E-state index is -1.54. The molecule has 2 fully saturated rings. The molecule has 3 aliphatic rings. The summed E-state index contributed by atoms with van der Waals surface area (Å²) < 4.78 is 54.5. The first kappa shape index (κ1) is 25.5. The lowest BCUT2D eigenvalue weighted by atomic mass is 10.0. The highest BCUT2D eigenvalue weighted by molar-refractivity contribution is 6.00. The summed E-state index contributed by atoms with van der Waals surface area (Å²) in [6.45, 7) is 8.23. The fraction of sp³-hybridized carbons (Fsp3) is 0.344. The molecule has 3 atom stereocenters. The Bertz CT molecular complexity index is 1960. The zero-order valence-corrected chi connectivity index (χ0v) is 23.4. The second-order valence-corrected chi connectivity index (χ2v) is 11.9. The zero-order chi connectivity index (χ0) is 28.9. The van der Waals surface area contributed by atoms with Crippen LogP contribution >= 0.6 is 0 Å². The third-order valence-electron chi connectivity index (χ3n) is 8.09. The topological polar surface area (TPSA) is 115 Å². The molecule has 3 aromatic heterocycles. The van der Waals surface area contributed by atoms with E-state index in [0.29, 0.717) is 46.0 Å². The second kappa shape index (κ2) is 8.64. The van der Waals surface area contributed by atoms with Gasteiger partial charge >= 0.3 is 11.6 Å². The van der Waals surface area contributed by atoms with Crippen molar-refractivity contribution in [1.29, 1.82) is 0 Å². The monoisotopic (exact) mass is 572 g/mol. The van der Waals surface area contributed by atoms with E-state index in [9.17, 15) is 4.79 Å². The van der Waals surface area contributed by atoms with Crippen molar-refractivity contribution < 1.29 is 41.7 Å². The van der Waals surface area contributed by atoms with Gasteiger partial charge in [0.1, 0.15) is 25.4 Å². The molecule has 6 heterocycles. The van der Waals surface area contributed by atoms with Gasteiger partial charge in [0.15, 0.2) is 22.5 Å². The molecular formula is C32H28O10. The standard InChI is InChI=1S/C32H28O10/c1-30(2)21(39-30)15-37-29-25-20(9-12-35-25)14-18-7-10-32(41-27(18)29)40-22(31(3,4)42-32)16-36-28-24-19(8-11-34-24)13-17-5-6-23(33)38-26(17)28/h5-14,21-22H,15-16H2,1-4H3/t21-,22+,32-/m0/s1. The number of epoxide rings is 1. The van der Waals surface area contributed by atoms with Crippen LogP contribution in [0.25, 0.3) is 39.0 Å². The van der Waals surface area contributed by atoms with Crippen molar-refractivity contribution >= 4 is 39.0 Å². The normalized spacial score (nSPS) is 25.2. The number of hydrogen-bond donors (Lipinski definition) is 0. The first-order chi connectivity index (χ1) is 20.1. The lowest BCUT2D eigenvalue weighted by Gasteiger charge is -2.31. The van der Waals surface area contributed by atoms with Crippen LogP contribution in [0.1, 0.15) is 33.3 Å². The third kappa shape index (κ3) is 4.01. The van der Waals surface area contributed by atoms with Crippen LogP contribution in [0, 0.1) is 0 Å². The third-order valence-corrected chi connectivity index (χ3v) is 8.09. The summed E-state index contributed by atoms with van der Waals surface area (Å²) in [6, 6.07) is 10.6. The van der Waals surface area contributed by atoms with Gasteiger partial charge in [-0.05, 0) is 64.1 Å². The summed E-state index contributed by atoms with van der Waals surface area (Å²) in [4.78, 5) is 12.0. The van der Waals surface area contributed by atoms with E-state index >= 15 is 0 Å². The Balaban J connectivity index is 1.09. The summed E-state index contributed by atoms with van der Waals surface area (Å²) in [5, 5.41) is 2.41. The molecule has 5 aromatic rings. The van der Waals surface area contributed by atoms with Crippen LogP contribution in [0.15, 0.2) is 73.0 Å². The lowest BCUT2D eigenvalue weighted by molar-refractivity contribution is -0.271. The van der Waals surface area contributed by atoms with Gasteiger partial charge in [0.25, 0.3) is 0 Å². The van der Waals surface area contributed by atoms with E-state index < -0.39 is 23.3 Å². The Labute approximate surface area is 239 Å². The summed E-state index contributed by atoms with van der Waals surface area (Å²) in [5.41, 5.74) is 0.576. The Morgan fingerprint density at radius 3 is 2.14 bits per heavy atom. The minimum absolute atomic E-state index is 0.0370. The van der Waals surface area contributed by atoms with Crippen LogP contribution in [-0.4, -0.2) is 42.6 Å². The molecule has 0 aliphatic carbocycles. The molecule has 3 aliphatic heterocycles. The van der Waals surface area contributed by atoms with Gasteiger partial charge < -0.3 is 41.7 Å². The fourth-order valence-electron chi connectivity index (χ4n) is 5.59. The lowest BCUT2D eigenvalue weighted by Crippen LogP contribution is -2.39. The molecule has 216 valence electrons. The van der Waals surface area contributed by atoms with Crippen LogP contribution in [-0.2, 0) is 14.2 Å². The molecular weight excluding hydrogens is 544 g/mol. The van der Waals surface area contributed by atoms with Gasteiger partial charge in [-0.2, -0.15) is 0 Å². The molecule has 0 unspecified atom stereocenters. The van der Waals surface area contributed by atoms with Crippen LogP contribution in [0.3, 0.4) is 0 Å². The van der Waals surface area contributed by atoms with Crippen molar-refractivity contribution in [2.75, 3.05) is 13.2 Å². The Morgan fingerprint density at radius 2 is 1.40 bits per heavy atom. The highest BCUT2D eigenvalue weighted by atomic mass is 16.9. The predicted molar refractivity (Wildman–Crippen MR) is 151 cm³/mol. The van der Waals surface area contributed by atoms with E-state index in [1.54, 1.807) is 24.7 Å². The molecule has 0 saturated carbocycles. The molecule has 10 heteroatoms. The van der Waals surface area contributed by atoms with E-state index in [-0.39, 0.29) is 18.3 Å². The zero-order valence-electron chi connectivity index (χ0n) is 23.4. The predicted octanol–water partition coefficient (Wildman–Crippen LogP) is 6.17. The van der Waals surface area contributed by atoms with Gasteiger partial charge in [0, 0.05) is 33.9 Å². The van der Waals surface area contributed by atoms with Gasteiger partial charge in [-0.3, -0.25) is 0 Å². The van der Waals surface area contributed by atoms with Crippen molar-refractivity contribution in [1.82, 2.24) is 0 Å². The fourth-order valence-corrected chi connectivity index (χ4v) is 5.59. The average molecular weight is 573 g/mol. The van der Waals surface area contributed by atoms with Gasteiger partial charge in [-0.25, -0.2) is 4.79 Å². The molecule has 8 rings (SSSR count). The quantitative estimate of drug-likeness (QED) is 0.173. The largest absolute Gasteiger partial charge is 0.483 e. The molecule has 42 heavy (non-hydrogen) atoms. The number of ether oxygens (including phenoxy) is 6. The summed E-state index contributed by atoms with van der Waals surface area (Å²) in [6.07, 6.45) is 6.18. The van der Waals surface area contributed by atoms with E-state index in [1.165, 1.54) is 6.07 Å². The smallest absolute Gasteiger partial charge is 0.350 e. The first-order valence-corrected chi connectivity index (χ1v) is 13.8. The van der Waals surface area contributed by atoms with Crippen LogP contribution in [0.5, 0.6) is 17.2 Å². The Morgan fingerprint density at radius 1 is 0.762 bits per heavy atom. The summed E-state index contributed by atoms with van der Waals surface area (Å²) in [7, 11) is 0. The maximum atomic E-state index is 12.0. The van der Waals surface area contributed by atoms with Crippen LogP contribution in [0.2, 0.25) is 0 Å². The molecule has 0 radical (unpaired) electrons. The first-order valence-electron chi connectivity index (χ1n) is 13.8. The summed E-state index contributed by atoms with van der Waals surface area (Å²) in [5.74, 6) is -0.317. The minimum Gasteiger partial charge on any atom is -0.483 e. The van der Waals surface area contributed by atoms with Gasteiger partial charge in [0.2, 0.25) is 11.5 Å². The Hall–Kier alpha value is -4.25. The summed E-state index contributed by atoms with van der Waals surface area (Å²) >= 11 is 0. The molecule has 2 aromatic carbocycles. The average Bonchev–Trinajstić information content (AvgIpc) is 3.35. The highest BCUT2D eigenvalue weighted by Crippen LogP contribution is 2.49. The molecule has 0 amide bonds. The van der Waals surface area contributed by atoms with Crippen LogP contribution in [0.4, 0.5) is 0 Å². The highest BCUT2D eigenvalue weighted by Gasteiger charge is 2.55. The van der Waals surface area contributed by atoms with Crippen LogP contribution < -0.4 is 19.8 Å². The van der Waals surface area contributed by atoms with Crippen molar-refractivity contribution in [2.24, 2.45) is 0 Å². The molecule has 0 N–H and O–H groups in total. The number of rotatable bonds is 6. The van der Waals surface area contributed by atoms with Gasteiger partial charge in [-0.15, -0.1) is 0 Å². The maximum absolute atomic E-state index is 12.0. The van der Waals surface area contributed by atoms with Crippen molar-refractivity contribution in [3.8, 4) is 17.2 Å². The number of benzene rings is 2. The molecule has 1 spiro atoms. The SMILES string of the molecule is CC1(C)O[C@H]1COc1c2c(cc3ccoc13)C=C[C@@]1(O2)O[C@H](COc2c3occc3cc3ccc(=O)oc23)C(C)(C)O1. The number of fused-ring (bicyclic) bond motifs is 4.